The zero-order chi connectivity index (χ0) is 19.1. The topological polar surface area (TPSA) is 47.6 Å². The first-order valence-electron chi connectivity index (χ1n) is 8.51. The molecule has 3 aromatic carbocycles. The second kappa shape index (κ2) is 9.14. The number of thioether (sulfide) groups is 1. The lowest BCUT2D eigenvalue weighted by Gasteiger charge is -2.18. The SMILES string of the molecule is COc1ccc(NC(=O)[C@H](Sc2ccccc2)c2ccccc2)c(OC)c1. The number of carbonyl (C=O) groups is 1. The number of amides is 1. The fourth-order valence-corrected chi connectivity index (χ4v) is 3.68. The molecule has 27 heavy (non-hydrogen) atoms. The van der Waals surface area contributed by atoms with E-state index in [4.69, 9.17) is 9.47 Å². The first-order valence-corrected chi connectivity index (χ1v) is 9.39. The number of carbonyl (C=O) groups excluding carboxylic acids is 1. The van der Waals surface area contributed by atoms with Crippen molar-refractivity contribution in [2.24, 2.45) is 0 Å². The molecular formula is C22H21NO3S. The van der Waals surface area contributed by atoms with Crippen LogP contribution in [0.2, 0.25) is 0 Å². The van der Waals surface area contributed by atoms with Crippen LogP contribution in [0.25, 0.3) is 0 Å². The summed E-state index contributed by atoms with van der Waals surface area (Å²) in [6.45, 7) is 0. The minimum Gasteiger partial charge on any atom is -0.497 e. The normalized spacial score (nSPS) is 11.5. The second-order valence-corrected chi connectivity index (χ2v) is 6.96. The largest absolute Gasteiger partial charge is 0.497 e. The van der Waals surface area contributed by atoms with Gasteiger partial charge >= 0.3 is 0 Å². The fourth-order valence-electron chi connectivity index (χ4n) is 2.64. The number of nitrogens with one attached hydrogen (secondary N) is 1. The van der Waals surface area contributed by atoms with E-state index in [9.17, 15) is 4.79 Å². The van der Waals surface area contributed by atoms with Crippen molar-refractivity contribution < 1.29 is 14.3 Å². The van der Waals surface area contributed by atoms with Gasteiger partial charge < -0.3 is 14.8 Å². The smallest absolute Gasteiger partial charge is 0.242 e. The van der Waals surface area contributed by atoms with Gasteiger partial charge in [-0.05, 0) is 29.8 Å². The Hall–Kier alpha value is -2.92. The van der Waals surface area contributed by atoms with Crippen LogP contribution in [0, 0.1) is 0 Å². The number of hydrogen-bond acceptors (Lipinski definition) is 4. The molecule has 0 saturated carbocycles. The van der Waals surface area contributed by atoms with E-state index in [1.165, 1.54) is 11.8 Å². The summed E-state index contributed by atoms with van der Waals surface area (Å²) >= 11 is 1.51. The molecule has 0 radical (unpaired) electrons. The summed E-state index contributed by atoms with van der Waals surface area (Å²) in [7, 11) is 3.16. The quantitative estimate of drug-likeness (QED) is 0.575. The standard InChI is InChI=1S/C22H21NO3S/c1-25-17-13-14-19(20(15-17)26-2)23-22(24)21(16-9-5-3-6-10-16)27-18-11-7-4-8-12-18/h3-15,21H,1-2H3,(H,23,24)/t21-/m1/s1. The average Bonchev–Trinajstić information content (AvgIpc) is 2.73. The number of anilines is 1. The highest BCUT2D eigenvalue weighted by molar-refractivity contribution is 8.00. The molecule has 4 nitrogen and oxygen atoms in total. The van der Waals surface area contributed by atoms with Crippen LogP contribution in [-0.4, -0.2) is 20.1 Å². The summed E-state index contributed by atoms with van der Waals surface area (Å²) in [5, 5.41) is 2.60. The molecule has 0 heterocycles. The summed E-state index contributed by atoms with van der Waals surface area (Å²) in [5.41, 5.74) is 1.55. The van der Waals surface area contributed by atoms with Crippen LogP contribution in [0.15, 0.2) is 83.8 Å². The Balaban J connectivity index is 1.87. The van der Waals surface area contributed by atoms with Crippen molar-refractivity contribution in [2.75, 3.05) is 19.5 Å². The van der Waals surface area contributed by atoms with Crippen molar-refractivity contribution in [2.45, 2.75) is 10.1 Å². The number of hydrogen-bond donors (Lipinski definition) is 1. The molecule has 0 spiro atoms. The van der Waals surface area contributed by atoms with Gasteiger partial charge in [-0.25, -0.2) is 0 Å². The third kappa shape index (κ3) is 4.83. The molecular weight excluding hydrogens is 358 g/mol. The number of rotatable bonds is 7. The fraction of sp³-hybridized carbons (Fsp3) is 0.136. The van der Waals surface area contributed by atoms with E-state index in [0.29, 0.717) is 17.2 Å². The molecule has 138 valence electrons. The lowest BCUT2D eigenvalue weighted by Crippen LogP contribution is -2.19. The maximum Gasteiger partial charge on any atom is 0.242 e. The molecule has 0 aromatic heterocycles. The number of benzene rings is 3. The molecule has 1 N–H and O–H groups in total. The first kappa shape index (κ1) is 18.9. The Morgan fingerprint density at radius 2 is 1.56 bits per heavy atom. The maximum atomic E-state index is 13.1. The molecule has 3 rings (SSSR count). The molecule has 0 aliphatic rings. The van der Waals surface area contributed by atoms with Gasteiger partial charge in [-0.15, -0.1) is 11.8 Å². The van der Waals surface area contributed by atoms with Gasteiger partial charge in [0, 0.05) is 11.0 Å². The van der Waals surface area contributed by atoms with Gasteiger partial charge in [0.05, 0.1) is 19.9 Å². The van der Waals surface area contributed by atoms with E-state index in [2.05, 4.69) is 5.32 Å². The monoisotopic (exact) mass is 379 g/mol. The van der Waals surface area contributed by atoms with Crippen LogP contribution in [0.4, 0.5) is 5.69 Å². The molecule has 1 amide bonds. The van der Waals surface area contributed by atoms with Gasteiger partial charge in [0.2, 0.25) is 5.91 Å². The molecule has 3 aromatic rings. The van der Waals surface area contributed by atoms with E-state index < -0.39 is 0 Å². The van der Waals surface area contributed by atoms with Crippen LogP contribution in [0.3, 0.4) is 0 Å². The Labute approximate surface area is 163 Å². The van der Waals surface area contributed by atoms with Crippen LogP contribution < -0.4 is 14.8 Å². The lowest BCUT2D eigenvalue weighted by atomic mass is 10.1. The summed E-state index contributed by atoms with van der Waals surface area (Å²) in [6, 6.07) is 25.0. The Kier molecular flexibility index (Phi) is 6.39. The average molecular weight is 379 g/mol. The third-order valence-corrected chi connectivity index (χ3v) is 5.27. The van der Waals surface area contributed by atoms with Gasteiger partial charge in [0.25, 0.3) is 0 Å². The predicted octanol–water partition coefficient (Wildman–Crippen LogP) is 5.18. The van der Waals surface area contributed by atoms with Crippen LogP contribution in [0.5, 0.6) is 11.5 Å². The molecule has 0 bridgehead atoms. The third-order valence-electron chi connectivity index (χ3n) is 4.00. The van der Waals surface area contributed by atoms with Crippen molar-refractivity contribution >= 4 is 23.4 Å². The second-order valence-electron chi connectivity index (χ2n) is 5.78. The van der Waals surface area contributed by atoms with Gasteiger partial charge in [-0.1, -0.05) is 48.5 Å². The Morgan fingerprint density at radius 1 is 0.889 bits per heavy atom. The molecule has 0 aliphatic carbocycles. The number of methoxy groups -OCH3 is 2. The number of ether oxygens (including phenoxy) is 2. The maximum absolute atomic E-state index is 13.1. The minimum atomic E-state index is -0.389. The Morgan fingerprint density at radius 3 is 2.19 bits per heavy atom. The van der Waals surface area contributed by atoms with E-state index in [1.54, 1.807) is 32.4 Å². The van der Waals surface area contributed by atoms with E-state index in [-0.39, 0.29) is 11.2 Å². The van der Waals surface area contributed by atoms with Crippen molar-refractivity contribution in [3.05, 3.63) is 84.4 Å². The van der Waals surface area contributed by atoms with Crippen molar-refractivity contribution in [3.63, 3.8) is 0 Å². The van der Waals surface area contributed by atoms with Gasteiger partial charge in [0.15, 0.2) is 0 Å². The highest BCUT2D eigenvalue weighted by Gasteiger charge is 2.23. The molecule has 0 unspecified atom stereocenters. The highest BCUT2D eigenvalue weighted by Crippen LogP contribution is 2.37. The molecule has 0 fully saturated rings. The van der Waals surface area contributed by atoms with E-state index >= 15 is 0 Å². The zero-order valence-corrected chi connectivity index (χ0v) is 16.0. The van der Waals surface area contributed by atoms with Crippen LogP contribution >= 0.6 is 11.8 Å². The highest BCUT2D eigenvalue weighted by atomic mass is 32.2. The predicted molar refractivity (Wildman–Crippen MR) is 110 cm³/mol. The Bertz CT molecular complexity index is 885. The van der Waals surface area contributed by atoms with Crippen molar-refractivity contribution in [1.82, 2.24) is 0 Å². The summed E-state index contributed by atoms with van der Waals surface area (Å²) in [6.07, 6.45) is 0. The minimum absolute atomic E-state index is 0.112. The first-order chi connectivity index (χ1) is 13.2. The van der Waals surface area contributed by atoms with Gasteiger partial charge in [-0.2, -0.15) is 0 Å². The van der Waals surface area contributed by atoms with Crippen molar-refractivity contribution in [3.8, 4) is 11.5 Å². The summed E-state index contributed by atoms with van der Waals surface area (Å²) in [4.78, 5) is 14.2. The van der Waals surface area contributed by atoms with Crippen molar-refractivity contribution in [1.29, 1.82) is 0 Å². The van der Waals surface area contributed by atoms with E-state index in [0.717, 1.165) is 10.5 Å². The van der Waals surface area contributed by atoms with E-state index in [1.807, 2.05) is 60.7 Å². The summed E-state index contributed by atoms with van der Waals surface area (Å²) < 4.78 is 10.6. The van der Waals surface area contributed by atoms with Gasteiger partial charge in [0.1, 0.15) is 16.7 Å². The van der Waals surface area contributed by atoms with Crippen LogP contribution in [-0.2, 0) is 4.79 Å². The molecule has 0 saturated heterocycles. The zero-order valence-electron chi connectivity index (χ0n) is 15.2. The molecule has 0 aliphatic heterocycles. The molecule has 1 atom stereocenters. The van der Waals surface area contributed by atoms with Crippen LogP contribution in [0.1, 0.15) is 10.8 Å². The molecule has 5 heteroatoms. The van der Waals surface area contributed by atoms with Gasteiger partial charge in [-0.3, -0.25) is 4.79 Å². The lowest BCUT2D eigenvalue weighted by molar-refractivity contribution is -0.115. The summed E-state index contributed by atoms with van der Waals surface area (Å²) in [5.74, 6) is 1.11.